The Morgan fingerprint density at radius 3 is 2.77 bits per heavy atom. The van der Waals surface area contributed by atoms with Crippen molar-refractivity contribution in [3.63, 3.8) is 0 Å². The number of rotatable bonds is 6. The molecule has 0 bridgehead atoms. The number of hydrogen-bond donors (Lipinski definition) is 1. The van der Waals surface area contributed by atoms with E-state index in [0.717, 1.165) is 6.20 Å². The summed E-state index contributed by atoms with van der Waals surface area (Å²) >= 11 is 0. The summed E-state index contributed by atoms with van der Waals surface area (Å²) in [6.07, 6.45) is 2.43. The first kappa shape index (κ1) is 21.4. The van der Waals surface area contributed by atoms with Gasteiger partial charge in [0.2, 0.25) is 0 Å². The first-order valence-electron chi connectivity index (χ1n) is 11.2. The highest BCUT2D eigenvalue weighted by Crippen LogP contribution is 2.56. The van der Waals surface area contributed by atoms with Crippen LogP contribution in [0.5, 0.6) is 0 Å². The molecule has 1 aliphatic heterocycles. The van der Waals surface area contributed by atoms with Crippen LogP contribution in [0.2, 0.25) is 0 Å². The van der Waals surface area contributed by atoms with Gasteiger partial charge in [-0.25, -0.2) is 23.5 Å². The number of anilines is 1. The van der Waals surface area contributed by atoms with Gasteiger partial charge in [0.05, 0.1) is 18.4 Å². The molecule has 1 aliphatic carbocycles. The summed E-state index contributed by atoms with van der Waals surface area (Å²) < 4.78 is 35.6. The second kappa shape index (κ2) is 7.97. The Kier molecular flexibility index (Phi) is 4.87. The van der Waals surface area contributed by atoms with Crippen LogP contribution in [0, 0.1) is 29.4 Å². The van der Waals surface area contributed by atoms with E-state index in [9.17, 15) is 18.7 Å². The van der Waals surface area contributed by atoms with Gasteiger partial charge in [0, 0.05) is 18.2 Å². The highest BCUT2D eigenvalue weighted by Gasteiger charge is 2.62. The zero-order chi connectivity index (χ0) is 24.3. The molecule has 4 atom stereocenters. The molecule has 11 heteroatoms. The third kappa shape index (κ3) is 3.54. The van der Waals surface area contributed by atoms with Gasteiger partial charge in [-0.3, -0.25) is 4.68 Å². The molecule has 6 rings (SSSR count). The lowest BCUT2D eigenvalue weighted by atomic mass is 10.1. The summed E-state index contributed by atoms with van der Waals surface area (Å²) in [7, 11) is 0. The Morgan fingerprint density at radius 2 is 2.03 bits per heavy atom. The smallest absolute Gasteiger partial charge is 0.326 e. The van der Waals surface area contributed by atoms with Crippen molar-refractivity contribution < 1.29 is 23.2 Å². The number of aromatic nitrogens is 5. The van der Waals surface area contributed by atoms with Crippen molar-refractivity contribution in [1.82, 2.24) is 24.9 Å². The lowest BCUT2D eigenvalue weighted by Crippen LogP contribution is -2.41. The molecule has 4 aromatic rings. The molecule has 2 fully saturated rings. The van der Waals surface area contributed by atoms with Crippen molar-refractivity contribution in [2.24, 2.45) is 17.8 Å². The standard InChI is InChI=1S/C24H20F2N6O3/c1-12-14-11-31(21(20(12)14)24(33)34)23-16(26)9-27-22(28-23)18-8-19(17-6-7-35-30-17)32(29-18)10-13-4-2-3-5-15(13)25/h2-9,12,14,20-21H,10-11H2,1H3,(H,33,34)/t12-,14+,20-,21?/m0/s1. The van der Waals surface area contributed by atoms with Gasteiger partial charge in [-0.05, 0) is 29.9 Å². The number of aliphatic carboxylic acids is 1. The van der Waals surface area contributed by atoms with Crippen LogP contribution >= 0.6 is 0 Å². The molecule has 9 nitrogen and oxygen atoms in total. The van der Waals surface area contributed by atoms with Gasteiger partial charge >= 0.3 is 5.97 Å². The Bertz CT molecular complexity index is 1420. The summed E-state index contributed by atoms with van der Waals surface area (Å²) in [4.78, 5) is 21.9. The summed E-state index contributed by atoms with van der Waals surface area (Å²) in [5.74, 6) is -1.55. The number of carboxylic acid groups (broad SMARTS) is 1. The van der Waals surface area contributed by atoms with Crippen LogP contribution in [0.1, 0.15) is 12.5 Å². The molecule has 178 valence electrons. The lowest BCUT2D eigenvalue weighted by molar-refractivity contribution is -0.138. The maximum absolute atomic E-state index is 14.8. The highest BCUT2D eigenvalue weighted by atomic mass is 19.1. The van der Waals surface area contributed by atoms with Gasteiger partial charge in [0.15, 0.2) is 17.5 Å². The van der Waals surface area contributed by atoms with Crippen LogP contribution in [0.25, 0.3) is 22.9 Å². The molecule has 35 heavy (non-hydrogen) atoms. The minimum Gasteiger partial charge on any atom is -0.480 e. The first-order valence-corrected chi connectivity index (χ1v) is 11.2. The van der Waals surface area contributed by atoms with Gasteiger partial charge in [-0.15, -0.1) is 0 Å². The van der Waals surface area contributed by atoms with Crippen molar-refractivity contribution in [2.75, 3.05) is 11.4 Å². The summed E-state index contributed by atoms with van der Waals surface area (Å²) in [5, 5.41) is 18.3. The molecule has 0 radical (unpaired) electrons. The molecule has 1 unspecified atom stereocenters. The van der Waals surface area contributed by atoms with Crippen LogP contribution in [0.15, 0.2) is 53.4 Å². The summed E-state index contributed by atoms with van der Waals surface area (Å²) in [6.45, 7) is 2.54. The van der Waals surface area contributed by atoms with Crippen molar-refractivity contribution in [1.29, 1.82) is 0 Å². The monoisotopic (exact) mass is 478 g/mol. The fourth-order valence-corrected chi connectivity index (χ4v) is 5.12. The Hall–Kier alpha value is -4.15. The third-order valence-electron chi connectivity index (χ3n) is 6.98. The number of benzene rings is 1. The van der Waals surface area contributed by atoms with Crippen LogP contribution in [0.3, 0.4) is 0 Å². The zero-order valence-electron chi connectivity index (χ0n) is 18.5. The molecule has 2 aliphatic rings. The van der Waals surface area contributed by atoms with Crippen molar-refractivity contribution >= 4 is 11.8 Å². The molecule has 1 aromatic carbocycles. The van der Waals surface area contributed by atoms with Crippen LogP contribution in [-0.4, -0.2) is 48.6 Å². The van der Waals surface area contributed by atoms with E-state index in [1.165, 1.54) is 17.2 Å². The Labute approximate surface area is 198 Å². The maximum Gasteiger partial charge on any atom is 0.326 e. The summed E-state index contributed by atoms with van der Waals surface area (Å²) in [6, 6.07) is 8.82. The Morgan fingerprint density at radius 1 is 1.20 bits per heavy atom. The Balaban J connectivity index is 1.39. The van der Waals surface area contributed by atoms with Gasteiger partial charge in [-0.1, -0.05) is 30.3 Å². The van der Waals surface area contributed by atoms with Gasteiger partial charge in [-0.2, -0.15) is 5.10 Å². The minimum atomic E-state index is -0.996. The molecule has 1 saturated carbocycles. The van der Waals surface area contributed by atoms with E-state index >= 15 is 0 Å². The fourth-order valence-electron chi connectivity index (χ4n) is 5.12. The highest BCUT2D eigenvalue weighted by molar-refractivity contribution is 5.80. The van der Waals surface area contributed by atoms with E-state index in [-0.39, 0.29) is 41.8 Å². The molecule has 0 amide bonds. The van der Waals surface area contributed by atoms with Crippen LogP contribution in [0.4, 0.5) is 14.6 Å². The molecular weight excluding hydrogens is 458 g/mol. The first-order chi connectivity index (χ1) is 16.9. The molecule has 4 heterocycles. The number of hydrogen-bond acceptors (Lipinski definition) is 7. The molecule has 1 N–H and O–H groups in total. The second-order valence-corrected chi connectivity index (χ2v) is 8.95. The van der Waals surface area contributed by atoms with Gasteiger partial charge in [0.25, 0.3) is 0 Å². The third-order valence-corrected chi connectivity index (χ3v) is 6.98. The van der Waals surface area contributed by atoms with E-state index in [0.29, 0.717) is 29.2 Å². The molecular formula is C24H20F2N6O3. The van der Waals surface area contributed by atoms with E-state index in [4.69, 9.17) is 4.52 Å². The number of piperidine rings is 1. The van der Waals surface area contributed by atoms with Crippen molar-refractivity contribution in [3.8, 4) is 22.9 Å². The second-order valence-electron chi connectivity index (χ2n) is 8.95. The average molecular weight is 478 g/mol. The predicted octanol–water partition coefficient (Wildman–Crippen LogP) is 3.48. The quantitative estimate of drug-likeness (QED) is 0.449. The molecule has 0 spiro atoms. The van der Waals surface area contributed by atoms with E-state index in [1.807, 2.05) is 6.92 Å². The lowest BCUT2D eigenvalue weighted by Gasteiger charge is -2.26. The van der Waals surface area contributed by atoms with E-state index in [1.54, 1.807) is 35.0 Å². The predicted molar refractivity (Wildman–Crippen MR) is 119 cm³/mol. The van der Waals surface area contributed by atoms with Crippen LogP contribution in [-0.2, 0) is 11.3 Å². The van der Waals surface area contributed by atoms with Crippen LogP contribution < -0.4 is 4.90 Å². The van der Waals surface area contributed by atoms with Crippen molar-refractivity contribution in [3.05, 3.63) is 66.1 Å². The number of fused-ring (bicyclic) bond motifs is 1. The topological polar surface area (TPSA) is 110 Å². The average Bonchev–Trinajstić information content (AvgIpc) is 3.34. The largest absolute Gasteiger partial charge is 0.480 e. The number of halogens is 2. The van der Waals surface area contributed by atoms with Gasteiger partial charge < -0.3 is 14.5 Å². The van der Waals surface area contributed by atoms with E-state index < -0.39 is 17.8 Å². The number of nitrogens with zero attached hydrogens (tertiary/aromatic N) is 6. The minimum absolute atomic E-state index is 0.0240. The fraction of sp³-hybridized carbons (Fsp3) is 0.292. The summed E-state index contributed by atoms with van der Waals surface area (Å²) in [5.41, 5.74) is 1.74. The van der Waals surface area contributed by atoms with Gasteiger partial charge in [0.1, 0.15) is 29.5 Å². The molecule has 1 saturated heterocycles. The normalized spacial score (nSPS) is 22.9. The van der Waals surface area contributed by atoms with E-state index in [2.05, 4.69) is 20.2 Å². The zero-order valence-corrected chi connectivity index (χ0v) is 18.5. The SMILES string of the molecule is C[C@H]1[C@H]2CN(c3nc(-c4cc(-c5ccon5)n(Cc5ccccc5F)n4)ncc3F)C(C(=O)O)[C@@H]12. The number of carbonyl (C=O) groups is 1. The maximum atomic E-state index is 14.8. The molecule has 3 aromatic heterocycles. The van der Waals surface area contributed by atoms with Crippen molar-refractivity contribution in [2.45, 2.75) is 19.5 Å². The number of carboxylic acids is 1.